The van der Waals surface area contributed by atoms with Crippen molar-refractivity contribution in [2.75, 3.05) is 6.61 Å². The van der Waals surface area contributed by atoms with Crippen molar-refractivity contribution in [3.05, 3.63) is 68.5 Å². The highest BCUT2D eigenvalue weighted by Crippen LogP contribution is 2.38. The van der Waals surface area contributed by atoms with Gasteiger partial charge in [-0.2, -0.15) is 0 Å². The summed E-state index contributed by atoms with van der Waals surface area (Å²) >= 11 is 1.41. The van der Waals surface area contributed by atoms with Crippen LogP contribution in [0.5, 0.6) is 0 Å². The molecule has 0 N–H and O–H groups in total. The number of nitro groups is 1. The molecule has 0 saturated heterocycles. The molecule has 0 amide bonds. The van der Waals surface area contributed by atoms with Crippen LogP contribution in [0.15, 0.2) is 48.0 Å². The molecule has 2 aromatic heterocycles. The van der Waals surface area contributed by atoms with Crippen LogP contribution in [-0.2, 0) is 16.1 Å². The predicted molar refractivity (Wildman–Crippen MR) is 101 cm³/mol. The van der Waals surface area contributed by atoms with E-state index in [0.717, 1.165) is 27.9 Å². The largest absolute Gasteiger partial charge is 0.461 e. The molecule has 2 unspecified atom stereocenters. The lowest BCUT2D eigenvalue weighted by molar-refractivity contribution is -0.512. The average molecular weight is 372 g/mol. The van der Waals surface area contributed by atoms with Crippen molar-refractivity contribution in [1.82, 2.24) is 4.57 Å². The summed E-state index contributed by atoms with van der Waals surface area (Å²) in [6, 6.07) is 9.97. The summed E-state index contributed by atoms with van der Waals surface area (Å²) in [6.07, 6.45) is 1.92. The first-order valence-electron chi connectivity index (χ1n) is 8.49. The van der Waals surface area contributed by atoms with Gasteiger partial charge in [-0.25, -0.2) is 4.79 Å². The van der Waals surface area contributed by atoms with E-state index in [1.807, 2.05) is 59.5 Å². The van der Waals surface area contributed by atoms with Crippen LogP contribution in [0, 0.1) is 10.1 Å². The van der Waals surface area contributed by atoms with E-state index in [9.17, 15) is 14.9 Å². The van der Waals surface area contributed by atoms with Crippen LogP contribution < -0.4 is 0 Å². The first kappa shape index (κ1) is 18.1. The third-order valence-corrected chi connectivity index (χ3v) is 5.37. The second-order valence-electron chi connectivity index (χ2n) is 5.86. The Kier molecular flexibility index (Phi) is 5.37. The molecule has 0 spiro atoms. The topological polar surface area (TPSA) is 74.4 Å². The molecule has 0 aliphatic carbocycles. The zero-order valence-corrected chi connectivity index (χ0v) is 15.4. The normalized spacial score (nSPS) is 13.5. The van der Waals surface area contributed by atoms with E-state index >= 15 is 0 Å². The van der Waals surface area contributed by atoms with Crippen molar-refractivity contribution in [3.63, 3.8) is 0 Å². The van der Waals surface area contributed by atoms with Crippen molar-refractivity contribution in [2.24, 2.45) is 0 Å². The SMILES string of the molecule is CCOC(=O)C(C(c1cccs1)c1cn(CC)c2ccccc12)[N+](=O)[O-]. The van der Waals surface area contributed by atoms with Gasteiger partial charge in [-0.15, -0.1) is 11.3 Å². The summed E-state index contributed by atoms with van der Waals surface area (Å²) in [5.41, 5.74) is 1.78. The van der Waals surface area contributed by atoms with Gasteiger partial charge < -0.3 is 9.30 Å². The van der Waals surface area contributed by atoms with Gasteiger partial charge in [0.25, 0.3) is 0 Å². The number of para-hydroxylation sites is 1. The Morgan fingerprint density at radius 1 is 1.27 bits per heavy atom. The van der Waals surface area contributed by atoms with Crippen LogP contribution in [0.4, 0.5) is 0 Å². The summed E-state index contributed by atoms with van der Waals surface area (Å²) in [5.74, 6) is -1.49. The van der Waals surface area contributed by atoms with Gasteiger partial charge in [0.2, 0.25) is 0 Å². The number of benzene rings is 1. The Labute approximate surface area is 155 Å². The number of fused-ring (bicyclic) bond motifs is 1. The van der Waals surface area contributed by atoms with E-state index in [-0.39, 0.29) is 6.61 Å². The molecule has 3 aromatic rings. The lowest BCUT2D eigenvalue weighted by Crippen LogP contribution is -2.37. The fourth-order valence-electron chi connectivity index (χ4n) is 3.30. The number of carbonyl (C=O) groups is 1. The monoisotopic (exact) mass is 372 g/mol. The van der Waals surface area contributed by atoms with Gasteiger partial charge in [-0.05, 0) is 36.9 Å². The van der Waals surface area contributed by atoms with Crippen molar-refractivity contribution in [2.45, 2.75) is 32.4 Å². The fourth-order valence-corrected chi connectivity index (χ4v) is 4.18. The molecule has 0 saturated carbocycles. The minimum Gasteiger partial charge on any atom is -0.461 e. The maximum atomic E-state index is 12.4. The van der Waals surface area contributed by atoms with E-state index in [4.69, 9.17) is 4.74 Å². The Morgan fingerprint density at radius 3 is 2.65 bits per heavy atom. The molecular formula is C19H20N2O4S. The summed E-state index contributed by atoms with van der Waals surface area (Å²) < 4.78 is 7.08. The third-order valence-electron chi connectivity index (χ3n) is 4.42. The highest BCUT2D eigenvalue weighted by Gasteiger charge is 2.43. The standard InChI is InChI=1S/C19H20N2O4S/c1-3-20-12-14(13-8-5-6-9-15(13)20)17(16-10-7-11-26-16)18(21(23)24)19(22)25-4-2/h5-12,17-18H,3-4H2,1-2H3. The molecule has 2 heterocycles. The first-order valence-corrected chi connectivity index (χ1v) is 9.37. The highest BCUT2D eigenvalue weighted by molar-refractivity contribution is 7.10. The molecule has 1 aromatic carbocycles. The summed E-state index contributed by atoms with van der Waals surface area (Å²) in [5, 5.41) is 14.6. The number of carbonyl (C=O) groups excluding carboxylic acids is 1. The van der Waals surface area contributed by atoms with E-state index in [1.54, 1.807) is 6.92 Å². The molecule has 136 valence electrons. The van der Waals surface area contributed by atoms with Gasteiger partial charge in [0.15, 0.2) is 0 Å². The molecule has 0 aliphatic rings. The van der Waals surface area contributed by atoms with Crippen molar-refractivity contribution in [1.29, 1.82) is 0 Å². The maximum Gasteiger partial charge on any atom is 0.382 e. The number of esters is 1. The van der Waals surface area contributed by atoms with Gasteiger partial charge >= 0.3 is 12.0 Å². The number of aromatic nitrogens is 1. The van der Waals surface area contributed by atoms with E-state index in [2.05, 4.69) is 0 Å². The number of aryl methyl sites for hydroxylation is 1. The summed E-state index contributed by atoms with van der Waals surface area (Å²) in [7, 11) is 0. The molecular weight excluding hydrogens is 352 g/mol. The molecule has 2 atom stereocenters. The van der Waals surface area contributed by atoms with Gasteiger partial charge in [0, 0.05) is 33.4 Å². The van der Waals surface area contributed by atoms with Crippen LogP contribution in [0.25, 0.3) is 10.9 Å². The zero-order chi connectivity index (χ0) is 18.7. The Hall–Kier alpha value is -2.67. The smallest absolute Gasteiger partial charge is 0.382 e. The molecule has 3 rings (SSSR count). The lowest BCUT2D eigenvalue weighted by atomic mass is 9.90. The van der Waals surface area contributed by atoms with Crippen molar-refractivity contribution < 1.29 is 14.5 Å². The Balaban J connectivity index is 2.23. The number of thiophene rings is 1. The van der Waals surface area contributed by atoms with E-state index in [0.29, 0.717) is 0 Å². The minimum atomic E-state index is -1.48. The maximum absolute atomic E-state index is 12.4. The van der Waals surface area contributed by atoms with Crippen LogP contribution in [0.1, 0.15) is 30.2 Å². The molecule has 0 bridgehead atoms. The molecule has 6 nitrogen and oxygen atoms in total. The molecule has 0 fully saturated rings. The second-order valence-corrected chi connectivity index (χ2v) is 6.84. The Morgan fingerprint density at radius 2 is 2.04 bits per heavy atom. The minimum absolute atomic E-state index is 0.108. The van der Waals surface area contributed by atoms with Crippen LogP contribution in [-0.4, -0.2) is 28.1 Å². The number of nitrogens with zero attached hydrogens (tertiary/aromatic N) is 2. The highest BCUT2D eigenvalue weighted by atomic mass is 32.1. The van der Waals surface area contributed by atoms with E-state index < -0.39 is 22.9 Å². The number of hydrogen-bond donors (Lipinski definition) is 0. The number of ether oxygens (including phenoxy) is 1. The zero-order valence-electron chi connectivity index (χ0n) is 14.6. The van der Waals surface area contributed by atoms with Gasteiger partial charge in [-0.1, -0.05) is 24.3 Å². The second kappa shape index (κ2) is 7.70. The lowest BCUT2D eigenvalue weighted by Gasteiger charge is -2.18. The van der Waals surface area contributed by atoms with Crippen LogP contribution in [0.3, 0.4) is 0 Å². The number of rotatable bonds is 7. The van der Waals surface area contributed by atoms with Gasteiger partial charge in [-0.3, -0.25) is 10.1 Å². The Bertz CT molecular complexity index is 917. The quantitative estimate of drug-likeness (QED) is 0.356. The van der Waals surface area contributed by atoms with Gasteiger partial charge in [0.1, 0.15) is 0 Å². The fraction of sp³-hybridized carbons (Fsp3) is 0.316. The summed E-state index contributed by atoms with van der Waals surface area (Å²) in [4.78, 5) is 24.5. The molecule has 0 radical (unpaired) electrons. The molecule has 26 heavy (non-hydrogen) atoms. The van der Waals surface area contributed by atoms with Crippen LogP contribution >= 0.6 is 11.3 Å². The van der Waals surface area contributed by atoms with Crippen molar-refractivity contribution >= 4 is 28.2 Å². The first-order chi connectivity index (χ1) is 12.6. The average Bonchev–Trinajstić information content (AvgIpc) is 3.27. The third kappa shape index (κ3) is 3.22. The van der Waals surface area contributed by atoms with Gasteiger partial charge in [0.05, 0.1) is 12.5 Å². The number of hydrogen-bond acceptors (Lipinski definition) is 5. The molecule has 0 aliphatic heterocycles. The van der Waals surface area contributed by atoms with Crippen LogP contribution in [0.2, 0.25) is 0 Å². The van der Waals surface area contributed by atoms with E-state index in [1.165, 1.54) is 11.3 Å². The molecule has 7 heteroatoms. The van der Waals surface area contributed by atoms with Crippen molar-refractivity contribution in [3.8, 4) is 0 Å². The predicted octanol–water partition coefficient (Wildman–Crippen LogP) is 4.06. The summed E-state index contributed by atoms with van der Waals surface area (Å²) in [6.45, 7) is 4.52.